The molecule has 2 aliphatic rings. The highest BCUT2D eigenvalue weighted by Crippen LogP contribution is 2.30. The number of amides is 3. The van der Waals surface area contributed by atoms with Gasteiger partial charge >= 0.3 is 0 Å². The second kappa shape index (κ2) is 9.62. The molecule has 35 heavy (non-hydrogen) atoms. The molecular weight excluding hydrogens is 442 g/mol. The van der Waals surface area contributed by atoms with Crippen LogP contribution in [0.4, 0.5) is 5.69 Å². The van der Waals surface area contributed by atoms with Crippen molar-refractivity contribution in [1.82, 2.24) is 9.80 Å². The van der Waals surface area contributed by atoms with E-state index in [1.165, 1.54) is 0 Å². The number of benzene rings is 3. The predicted molar refractivity (Wildman–Crippen MR) is 133 cm³/mol. The molecule has 7 heteroatoms. The highest BCUT2D eigenvalue weighted by molar-refractivity contribution is 6.22. The van der Waals surface area contributed by atoms with Crippen LogP contribution in [0.1, 0.15) is 26.3 Å². The molecule has 3 aromatic carbocycles. The lowest BCUT2D eigenvalue weighted by atomic mass is 10.0. The van der Waals surface area contributed by atoms with Crippen molar-refractivity contribution in [3.63, 3.8) is 0 Å². The fraction of sp³-hybridized carbons (Fsp3) is 0.250. The summed E-state index contributed by atoms with van der Waals surface area (Å²) in [6.07, 6.45) is 0.276. The van der Waals surface area contributed by atoms with Gasteiger partial charge in [0, 0.05) is 32.6 Å². The molecule has 0 aromatic heterocycles. The Kier molecular flexibility index (Phi) is 6.23. The van der Waals surface area contributed by atoms with Gasteiger partial charge in [0.2, 0.25) is 5.91 Å². The Balaban J connectivity index is 1.38. The molecule has 5 rings (SSSR count). The lowest BCUT2D eigenvalue weighted by Gasteiger charge is -2.39. The van der Waals surface area contributed by atoms with E-state index in [1.807, 2.05) is 54.6 Å². The summed E-state index contributed by atoms with van der Waals surface area (Å²) in [6, 6.07) is 23.2. The van der Waals surface area contributed by atoms with Gasteiger partial charge in [0.25, 0.3) is 11.8 Å². The fourth-order valence-corrected chi connectivity index (χ4v) is 4.89. The van der Waals surface area contributed by atoms with Crippen LogP contribution in [0.2, 0.25) is 0 Å². The number of fused-ring (bicyclic) bond motifs is 1. The highest BCUT2D eigenvalue weighted by atomic mass is 16.5. The zero-order chi connectivity index (χ0) is 24.4. The quantitative estimate of drug-likeness (QED) is 0.519. The minimum absolute atomic E-state index is 0.206. The molecule has 3 aromatic rings. The molecule has 2 heterocycles. The number of hydrogen-bond acceptors (Lipinski definition) is 5. The van der Waals surface area contributed by atoms with Crippen LogP contribution >= 0.6 is 0 Å². The van der Waals surface area contributed by atoms with Crippen LogP contribution in [0.3, 0.4) is 0 Å². The molecule has 3 amide bonds. The van der Waals surface area contributed by atoms with E-state index in [4.69, 9.17) is 4.74 Å². The number of nitrogens with zero attached hydrogens (tertiary/aromatic N) is 3. The summed E-state index contributed by atoms with van der Waals surface area (Å²) in [7, 11) is 1.65. The molecule has 178 valence electrons. The van der Waals surface area contributed by atoms with Crippen molar-refractivity contribution in [2.24, 2.45) is 0 Å². The van der Waals surface area contributed by atoms with Gasteiger partial charge in [-0.15, -0.1) is 0 Å². The summed E-state index contributed by atoms with van der Waals surface area (Å²) in [5, 5.41) is 0. The predicted octanol–water partition coefficient (Wildman–Crippen LogP) is 3.25. The lowest BCUT2D eigenvalue weighted by Crippen LogP contribution is -2.56. The number of piperazine rings is 1. The number of carbonyl (C=O) groups excluding carboxylic acids is 3. The number of carbonyl (C=O) groups is 3. The average Bonchev–Trinajstić information content (AvgIpc) is 3.17. The maximum atomic E-state index is 13.8. The van der Waals surface area contributed by atoms with Gasteiger partial charge in [-0.2, -0.15) is 0 Å². The minimum Gasteiger partial charge on any atom is -0.495 e. The third kappa shape index (κ3) is 4.25. The van der Waals surface area contributed by atoms with Crippen LogP contribution in [-0.2, 0) is 11.2 Å². The highest BCUT2D eigenvalue weighted by Gasteiger charge is 2.44. The van der Waals surface area contributed by atoms with E-state index < -0.39 is 17.9 Å². The first kappa shape index (κ1) is 22.7. The molecule has 0 aliphatic carbocycles. The van der Waals surface area contributed by atoms with E-state index in [0.29, 0.717) is 37.3 Å². The molecule has 0 N–H and O–H groups in total. The number of imide groups is 1. The van der Waals surface area contributed by atoms with Crippen molar-refractivity contribution in [3.8, 4) is 5.75 Å². The molecule has 0 radical (unpaired) electrons. The fourth-order valence-electron chi connectivity index (χ4n) is 4.89. The summed E-state index contributed by atoms with van der Waals surface area (Å²) in [6.45, 7) is 2.25. The van der Waals surface area contributed by atoms with E-state index in [2.05, 4.69) is 4.90 Å². The van der Waals surface area contributed by atoms with Crippen molar-refractivity contribution in [2.45, 2.75) is 12.5 Å². The Morgan fingerprint density at radius 2 is 1.37 bits per heavy atom. The van der Waals surface area contributed by atoms with E-state index in [0.717, 1.165) is 21.9 Å². The minimum atomic E-state index is -0.900. The van der Waals surface area contributed by atoms with Crippen LogP contribution < -0.4 is 9.64 Å². The molecule has 0 saturated carbocycles. The first-order chi connectivity index (χ1) is 17.1. The zero-order valence-corrected chi connectivity index (χ0v) is 19.6. The second-order valence-electron chi connectivity index (χ2n) is 8.72. The normalized spacial score (nSPS) is 16.3. The van der Waals surface area contributed by atoms with Crippen LogP contribution in [0.5, 0.6) is 5.75 Å². The number of rotatable bonds is 6. The average molecular weight is 470 g/mol. The molecule has 1 saturated heterocycles. The first-order valence-electron chi connectivity index (χ1n) is 11.8. The molecule has 0 bridgehead atoms. The smallest absolute Gasteiger partial charge is 0.262 e. The van der Waals surface area contributed by atoms with E-state index >= 15 is 0 Å². The standard InChI is InChI=1S/C28H27N3O4/c1-35-25-14-8-7-13-23(25)29-15-17-30(18-16-29)28(34)24(19-20-9-3-2-4-10-20)31-26(32)21-11-5-6-12-22(21)27(31)33/h2-14,24H,15-19H2,1H3/t24-/m1/s1. The van der Waals surface area contributed by atoms with Gasteiger partial charge < -0.3 is 14.5 Å². The van der Waals surface area contributed by atoms with E-state index in [9.17, 15) is 14.4 Å². The molecular formula is C28H27N3O4. The van der Waals surface area contributed by atoms with Crippen LogP contribution in [-0.4, -0.2) is 66.9 Å². The van der Waals surface area contributed by atoms with Gasteiger partial charge in [-0.05, 0) is 29.8 Å². The Labute approximate surface area is 204 Å². The summed E-state index contributed by atoms with van der Waals surface area (Å²) in [4.78, 5) is 45.4. The zero-order valence-electron chi connectivity index (χ0n) is 19.6. The number of ether oxygens (including phenoxy) is 1. The van der Waals surface area contributed by atoms with Crippen LogP contribution in [0.25, 0.3) is 0 Å². The monoisotopic (exact) mass is 469 g/mol. The number of para-hydroxylation sites is 2. The Morgan fingerprint density at radius 3 is 2.00 bits per heavy atom. The van der Waals surface area contributed by atoms with Gasteiger partial charge in [-0.3, -0.25) is 19.3 Å². The summed E-state index contributed by atoms with van der Waals surface area (Å²) in [5.41, 5.74) is 2.59. The van der Waals surface area contributed by atoms with E-state index in [1.54, 1.807) is 36.3 Å². The van der Waals surface area contributed by atoms with Gasteiger partial charge in [-0.25, -0.2) is 0 Å². The molecule has 1 atom stereocenters. The molecule has 0 unspecified atom stereocenters. The Morgan fingerprint density at radius 1 is 0.800 bits per heavy atom. The van der Waals surface area contributed by atoms with Gasteiger partial charge in [-0.1, -0.05) is 54.6 Å². The van der Waals surface area contributed by atoms with Crippen LogP contribution in [0.15, 0.2) is 78.9 Å². The van der Waals surface area contributed by atoms with E-state index in [-0.39, 0.29) is 12.3 Å². The third-order valence-electron chi connectivity index (χ3n) is 6.71. The second-order valence-corrected chi connectivity index (χ2v) is 8.72. The first-order valence-corrected chi connectivity index (χ1v) is 11.8. The lowest BCUT2D eigenvalue weighted by molar-refractivity contribution is -0.135. The topological polar surface area (TPSA) is 70.2 Å². The van der Waals surface area contributed by atoms with Gasteiger partial charge in [0.15, 0.2) is 0 Å². The molecule has 7 nitrogen and oxygen atoms in total. The molecule has 2 aliphatic heterocycles. The summed E-state index contributed by atoms with van der Waals surface area (Å²) < 4.78 is 5.50. The van der Waals surface area contributed by atoms with Crippen molar-refractivity contribution >= 4 is 23.4 Å². The van der Waals surface area contributed by atoms with Crippen LogP contribution in [0, 0.1) is 0 Å². The van der Waals surface area contributed by atoms with Crippen molar-refractivity contribution in [3.05, 3.63) is 95.6 Å². The van der Waals surface area contributed by atoms with Crippen molar-refractivity contribution in [2.75, 3.05) is 38.2 Å². The summed E-state index contributed by atoms with van der Waals surface area (Å²) >= 11 is 0. The number of hydrogen-bond donors (Lipinski definition) is 0. The third-order valence-corrected chi connectivity index (χ3v) is 6.71. The Hall–Kier alpha value is -4.13. The van der Waals surface area contributed by atoms with Crippen molar-refractivity contribution < 1.29 is 19.1 Å². The van der Waals surface area contributed by atoms with Crippen molar-refractivity contribution in [1.29, 1.82) is 0 Å². The maximum Gasteiger partial charge on any atom is 0.262 e. The molecule has 1 fully saturated rings. The molecule has 0 spiro atoms. The summed E-state index contributed by atoms with van der Waals surface area (Å²) in [5.74, 6) is -0.233. The SMILES string of the molecule is COc1ccccc1N1CCN(C(=O)[C@@H](Cc2ccccc2)N2C(=O)c3ccccc3C2=O)CC1. The maximum absolute atomic E-state index is 13.8. The number of anilines is 1. The number of methoxy groups -OCH3 is 1. The van der Waals surface area contributed by atoms with Gasteiger partial charge in [0.1, 0.15) is 11.8 Å². The van der Waals surface area contributed by atoms with Gasteiger partial charge in [0.05, 0.1) is 23.9 Å². The largest absolute Gasteiger partial charge is 0.495 e. The Bertz CT molecular complexity index is 1220.